The van der Waals surface area contributed by atoms with Crippen molar-refractivity contribution in [3.05, 3.63) is 67.9 Å². The van der Waals surface area contributed by atoms with E-state index >= 15 is 0 Å². The van der Waals surface area contributed by atoms with E-state index in [0.717, 1.165) is 76.1 Å². The predicted molar refractivity (Wildman–Crippen MR) is 155 cm³/mol. The largest absolute Gasteiger partial charge is 0.487 e. The molecule has 196 valence electrons. The van der Waals surface area contributed by atoms with Crippen LogP contribution in [0.3, 0.4) is 0 Å². The van der Waals surface area contributed by atoms with E-state index < -0.39 is 0 Å². The standard InChI is InChI=1S/C30H35BrN2O3S/c1-4-35-30(34)22-9-6-5-8-21(12-13-22)29-33-27(19-37-29)26-11-7-10-23(17-32-3)28(26)36-18-24-14-15-25(31)16-20(24)2/h7,10-11,14-17,19,21-22H,4-6,8-9,12-13,18H2,1-3H3. The fraction of sp³-hybridized carbons (Fsp3) is 0.433. The predicted octanol–water partition coefficient (Wildman–Crippen LogP) is 8.13. The van der Waals surface area contributed by atoms with E-state index in [1.807, 2.05) is 31.3 Å². The van der Waals surface area contributed by atoms with Crippen LogP contribution < -0.4 is 4.74 Å². The minimum atomic E-state index is -0.0415. The third-order valence-corrected chi connectivity index (χ3v) is 8.48. The molecular formula is C30H35BrN2O3S. The number of benzene rings is 2. The van der Waals surface area contributed by atoms with Gasteiger partial charge >= 0.3 is 5.97 Å². The maximum absolute atomic E-state index is 12.4. The highest BCUT2D eigenvalue weighted by Gasteiger charge is 2.26. The zero-order valence-electron chi connectivity index (χ0n) is 21.8. The minimum absolute atomic E-state index is 0.00858. The smallest absolute Gasteiger partial charge is 0.308 e. The molecule has 0 N–H and O–H groups in total. The summed E-state index contributed by atoms with van der Waals surface area (Å²) in [6.45, 7) is 4.88. The van der Waals surface area contributed by atoms with Crippen LogP contribution in [-0.2, 0) is 16.1 Å². The Morgan fingerprint density at radius 2 is 2.03 bits per heavy atom. The second kappa shape index (κ2) is 13.3. The number of carbonyl (C=O) groups excluding carboxylic acids is 1. The van der Waals surface area contributed by atoms with Gasteiger partial charge in [-0.2, -0.15) is 0 Å². The van der Waals surface area contributed by atoms with Gasteiger partial charge < -0.3 is 9.47 Å². The van der Waals surface area contributed by atoms with Crippen LogP contribution >= 0.6 is 27.3 Å². The molecule has 1 saturated carbocycles. The first-order chi connectivity index (χ1) is 18.0. The van der Waals surface area contributed by atoms with Crippen molar-refractivity contribution < 1.29 is 14.3 Å². The van der Waals surface area contributed by atoms with Crippen LogP contribution in [0.25, 0.3) is 11.3 Å². The molecule has 1 heterocycles. The Morgan fingerprint density at radius 3 is 2.81 bits per heavy atom. The number of halogens is 1. The van der Waals surface area contributed by atoms with Gasteiger partial charge in [0.1, 0.15) is 12.4 Å². The summed E-state index contributed by atoms with van der Waals surface area (Å²) >= 11 is 5.25. The summed E-state index contributed by atoms with van der Waals surface area (Å²) in [5.41, 5.74) is 5.16. The topological polar surface area (TPSA) is 60.8 Å². The van der Waals surface area contributed by atoms with Gasteiger partial charge in [-0.3, -0.25) is 9.79 Å². The quantitative estimate of drug-likeness (QED) is 0.199. The highest BCUT2D eigenvalue weighted by atomic mass is 79.9. The van der Waals surface area contributed by atoms with Crippen molar-refractivity contribution in [3.63, 3.8) is 0 Å². The van der Waals surface area contributed by atoms with Crippen LogP contribution in [-0.4, -0.2) is 30.8 Å². The van der Waals surface area contributed by atoms with E-state index in [1.54, 1.807) is 18.4 Å². The first-order valence-electron chi connectivity index (χ1n) is 13.1. The first kappa shape index (κ1) is 27.5. The van der Waals surface area contributed by atoms with E-state index in [4.69, 9.17) is 14.5 Å². The lowest BCUT2D eigenvalue weighted by Gasteiger charge is -2.22. The van der Waals surface area contributed by atoms with Crippen LogP contribution in [0.2, 0.25) is 0 Å². The van der Waals surface area contributed by atoms with Gasteiger partial charge in [-0.25, -0.2) is 4.98 Å². The Kier molecular flexibility index (Phi) is 9.92. The molecule has 0 radical (unpaired) electrons. The van der Waals surface area contributed by atoms with Gasteiger partial charge in [-0.1, -0.05) is 40.9 Å². The first-order valence-corrected chi connectivity index (χ1v) is 14.7. The summed E-state index contributed by atoms with van der Waals surface area (Å²) in [7, 11) is 1.77. The summed E-state index contributed by atoms with van der Waals surface area (Å²) in [4.78, 5) is 21.7. The summed E-state index contributed by atoms with van der Waals surface area (Å²) in [6, 6.07) is 12.4. The van der Waals surface area contributed by atoms with Crippen molar-refractivity contribution in [1.82, 2.24) is 4.98 Å². The maximum Gasteiger partial charge on any atom is 0.308 e. The number of ether oxygens (including phenoxy) is 2. The van der Waals surface area contributed by atoms with E-state index in [-0.39, 0.29) is 11.9 Å². The van der Waals surface area contributed by atoms with Crippen molar-refractivity contribution in [2.24, 2.45) is 10.9 Å². The zero-order valence-corrected chi connectivity index (χ0v) is 24.2. The molecular weight excluding hydrogens is 548 g/mol. The zero-order chi connectivity index (χ0) is 26.2. The highest BCUT2D eigenvalue weighted by molar-refractivity contribution is 9.10. The van der Waals surface area contributed by atoms with Gasteiger partial charge in [0, 0.05) is 40.2 Å². The number of aryl methyl sites for hydroxylation is 1. The van der Waals surface area contributed by atoms with Gasteiger partial charge in [0.25, 0.3) is 0 Å². The second-order valence-corrected chi connectivity index (χ2v) is 11.4. The Balaban J connectivity index is 1.56. The highest BCUT2D eigenvalue weighted by Crippen LogP contribution is 2.39. The van der Waals surface area contributed by atoms with Crippen molar-refractivity contribution in [3.8, 4) is 17.0 Å². The lowest BCUT2D eigenvalue weighted by molar-refractivity contribution is -0.148. The van der Waals surface area contributed by atoms with E-state index in [9.17, 15) is 4.79 Å². The number of thiazole rings is 1. The lowest BCUT2D eigenvalue weighted by Crippen LogP contribution is -2.20. The van der Waals surface area contributed by atoms with Gasteiger partial charge in [0.15, 0.2) is 0 Å². The Hall–Kier alpha value is -2.51. The number of hydrogen-bond donors (Lipinski definition) is 0. The minimum Gasteiger partial charge on any atom is -0.487 e. The molecule has 1 fully saturated rings. The van der Waals surface area contributed by atoms with E-state index in [1.165, 1.54) is 5.56 Å². The number of nitrogens with zero attached hydrogens (tertiary/aromatic N) is 2. The van der Waals surface area contributed by atoms with Crippen molar-refractivity contribution >= 4 is 39.5 Å². The average molecular weight is 584 g/mol. The molecule has 0 amide bonds. The van der Waals surface area contributed by atoms with Gasteiger partial charge in [0.2, 0.25) is 0 Å². The summed E-state index contributed by atoms with van der Waals surface area (Å²) in [6.07, 6.45) is 7.87. The number of aliphatic imine (C=N–C) groups is 1. The SMILES string of the molecule is CCOC(=O)C1CCCCC(c2nc(-c3cccc(C=NC)c3OCc3ccc(Br)cc3C)cs2)CC1. The average Bonchev–Trinajstić information content (AvgIpc) is 3.34. The molecule has 0 bridgehead atoms. The third-order valence-electron chi connectivity index (χ3n) is 6.98. The van der Waals surface area contributed by atoms with Crippen LogP contribution in [0.15, 0.2) is 51.2 Å². The van der Waals surface area contributed by atoms with E-state index in [0.29, 0.717) is 19.1 Å². The molecule has 3 aromatic rings. The molecule has 1 aliphatic carbocycles. The molecule has 7 heteroatoms. The molecule has 4 rings (SSSR count). The fourth-order valence-corrected chi connectivity index (χ4v) is 6.41. The normalized spacial score (nSPS) is 18.4. The van der Waals surface area contributed by atoms with E-state index in [2.05, 4.69) is 51.4 Å². The number of hydrogen-bond acceptors (Lipinski definition) is 6. The maximum atomic E-state index is 12.4. The lowest BCUT2D eigenvalue weighted by atomic mass is 9.85. The molecule has 1 aromatic heterocycles. The van der Waals surface area contributed by atoms with Gasteiger partial charge in [-0.15, -0.1) is 11.3 Å². The summed E-state index contributed by atoms with van der Waals surface area (Å²) in [5, 5.41) is 3.28. The molecule has 37 heavy (non-hydrogen) atoms. The van der Waals surface area contributed by atoms with Gasteiger partial charge in [-0.05, 0) is 74.9 Å². The van der Waals surface area contributed by atoms with Crippen molar-refractivity contribution in [2.45, 2.75) is 64.9 Å². The number of esters is 1. The molecule has 0 aliphatic heterocycles. The number of aromatic nitrogens is 1. The van der Waals surface area contributed by atoms with Crippen LogP contribution in [0.5, 0.6) is 5.75 Å². The fourth-order valence-electron chi connectivity index (χ4n) is 4.94. The molecule has 0 spiro atoms. The third kappa shape index (κ3) is 7.08. The number of rotatable bonds is 8. The molecule has 1 aliphatic rings. The molecule has 2 atom stereocenters. The molecule has 5 nitrogen and oxygen atoms in total. The molecule has 0 saturated heterocycles. The number of para-hydroxylation sites is 1. The second-order valence-electron chi connectivity index (χ2n) is 9.55. The monoisotopic (exact) mass is 582 g/mol. The van der Waals surface area contributed by atoms with Crippen LogP contribution in [0, 0.1) is 12.8 Å². The molecule has 2 aromatic carbocycles. The van der Waals surface area contributed by atoms with Crippen LogP contribution in [0.4, 0.5) is 0 Å². The number of carbonyl (C=O) groups is 1. The van der Waals surface area contributed by atoms with Crippen molar-refractivity contribution in [1.29, 1.82) is 0 Å². The molecule has 2 unspecified atom stereocenters. The summed E-state index contributed by atoms with van der Waals surface area (Å²) in [5.74, 6) is 1.13. The summed E-state index contributed by atoms with van der Waals surface area (Å²) < 4.78 is 12.8. The Bertz CT molecular complexity index is 1240. The van der Waals surface area contributed by atoms with Crippen LogP contribution in [0.1, 0.15) is 73.1 Å². The van der Waals surface area contributed by atoms with Gasteiger partial charge in [0.05, 0.1) is 23.2 Å². The Labute approximate surface area is 232 Å². The van der Waals surface area contributed by atoms with Crippen molar-refractivity contribution in [2.75, 3.05) is 13.7 Å². The Morgan fingerprint density at radius 1 is 1.19 bits per heavy atom.